The Labute approximate surface area is 170 Å². The van der Waals surface area contributed by atoms with E-state index in [0.717, 1.165) is 24.0 Å². The van der Waals surface area contributed by atoms with Crippen LogP contribution in [0.3, 0.4) is 0 Å². The van der Waals surface area contributed by atoms with Gasteiger partial charge in [0, 0.05) is 16.5 Å². The molecule has 0 amide bonds. The van der Waals surface area contributed by atoms with Crippen LogP contribution < -0.4 is 4.74 Å². The maximum atomic E-state index is 10.9. The van der Waals surface area contributed by atoms with Gasteiger partial charge in [-0.2, -0.15) is 0 Å². The summed E-state index contributed by atoms with van der Waals surface area (Å²) in [5.74, 6) is 0.416. The first-order chi connectivity index (χ1) is 12.1. The fourth-order valence-electron chi connectivity index (χ4n) is 2.48. The summed E-state index contributed by atoms with van der Waals surface area (Å²) < 4.78 is 16.6. The molecule has 0 saturated carbocycles. The molecule has 0 unspecified atom stereocenters. The van der Waals surface area contributed by atoms with Gasteiger partial charge in [0.15, 0.2) is 6.35 Å². The van der Waals surface area contributed by atoms with Crippen molar-refractivity contribution in [1.29, 1.82) is 0 Å². The predicted octanol–water partition coefficient (Wildman–Crippen LogP) is 5.52. The van der Waals surface area contributed by atoms with Gasteiger partial charge in [-0.3, -0.25) is 4.57 Å². The quantitative estimate of drug-likeness (QED) is 0.451. The Morgan fingerprint density at radius 2 is 1.77 bits per heavy atom. The largest absolute Gasteiger partial charge is 0.506 e. The van der Waals surface area contributed by atoms with E-state index >= 15 is 0 Å². The molecule has 9 heteroatoms. The third-order valence-corrected chi connectivity index (χ3v) is 5.36. The normalized spacial score (nSPS) is 11.6. The van der Waals surface area contributed by atoms with Gasteiger partial charge in [-0.25, -0.2) is 0 Å². The number of phenols is 1. The monoisotopic (exact) mass is 482 g/mol. The number of aryl methyl sites for hydroxylation is 1. The van der Waals surface area contributed by atoms with Gasteiger partial charge in [-0.05, 0) is 57.2 Å². The van der Waals surface area contributed by atoms with Crippen molar-refractivity contribution in [1.82, 2.24) is 0 Å². The molecule has 0 aliphatic rings. The third-order valence-electron chi connectivity index (χ3n) is 3.62. The lowest BCUT2D eigenvalue weighted by atomic mass is 10.00. The standard InChI is InChI=1S/C17H18BrCl2O5P/c1-2-3-11-4-10(6-14(18)17(11)21)5-13-15(19)7-12(8-16(13)20)25-9-26(22,23)24/h4,6-8,21H,2-3,5,9H2,1H3,(H2,22,23,24). The summed E-state index contributed by atoms with van der Waals surface area (Å²) >= 11 is 15.9. The Morgan fingerprint density at radius 3 is 2.31 bits per heavy atom. The smallest absolute Gasteiger partial charge is 0.362 e. The highest BCUT2D eigenvalue weighted by Crippen LogP contribution is 2.38. The Hall–Kier alpha value is -0.750. The third kappa shape index (κ3) is 5.88. The minimum Gasteiger partial charge on any atom is -0.506 e. The summed E-state index contributed by atoms with van der Waals surface area (Å²) in [5.41, 5.74) is 2.42. The van der Waals surface area contributed by atoms with E-state index < -0.39 is 13.9 Å². The predicted molar refractivity (Wildman–Crippen MR) is 107 cm³/mol. The van der Waals surface area contributed by atoms with E-state index in [9.17, 15) is 9.67 Å². The molecule has 0 aliphatic heterocycles. The zero-order valence-electron chi connectivity index (χ0n) is 13.9. The average molecular weight is 484 g/mol. The molecule has 2 rings (SSSR count). The maximum absolute atomic E-state index is 10.9. The van der Waals surface area contributed by atoms with Crippen LogP contribution in [0.15, 0.2) is 28.7 Å². The van der Waals surface area contributed by atoms with Crippen molar-refractivity contribution >= 4 is 46.7 Å². The number of phenolic OH excluding ortho intramolecular Hbond substituents is 1. The number of hydrogen-bond donors (Lipinski definition) is 3. The maximum Gasteiger partial charge on any atom is 0.362 e. The molecule has 0 bridgehead atoms. The van der Waals surface area contributed by atoms with Crippen LogP contribution in [0.25, 0.3) is 0 Å². The molecule has 5 nitrogen and oxygen atoms in total. The van der Waals surface area contributed by atoms with E-state index in [1.807, 2.05) is 13.0 Å². The molecule has 0 aromatic heterocycles. The zero-order valence-corrected chi connectivity index (χ0v) is 17.9. The molecule has 3 N–H and O–H groups in total. The highest BCUT2D eigenvalue weighted by atomic mass is 79.9. The number of halogens is 3. The van der Waals surface area contributed by atoms with Crippen LogP contribution in [-0.4, -0.2) is 21.2 Å². The summed E-state index contributed by atoms with van der Waals surface area (Å²) in [6.45, 7) is 2.03. The second-order valence-electron chi connectivity index (χ2n) is 5.82. The van der Waals surface area contributed by atoms with E-state index in [-0.39, 0.29) is 11.5 Å². The van der Waals surface area contributed by atoms with Gasteiger partial charge >= 0.3 is 7.60 Å². The first-order valence-electron chi connectivity index (χ1n) is 7.76. The van der Waals surface area contributed by atoms with Gasteiger partial charge in [-0.15, -0.1) is 0 Å². The van der Waals surface area contributed by atoms with Crippen molar-refractivity contribution in [2.45, 2.75) is 26.2 Å². The van der Waals surface area contributed by atoms with Crippen molar-refractivity contribution in [3.63, 3.8) is 0 Å². The molecule has 0 aliphatic carbocycles. The molecule has 142 valence electrons. The molecule has 2 aromatic carbocycles. The van der Waals surface area contributed by atoms with Crippen LogP contribution in [0.5, 0.6) is 11.5 Å². The average Bonchev–Trinajstić information content (AvgIpc) is 2.53. The Bertz CT molecular complexity index is 830. The zero-order chi connectivity index (χ0) is 19.5. The number of aromatic hydroxyl groups is 1. The summed E-state index contributed by atoms with van der Waals surface area (Å²) in [5, 5.41) is 10.8. The first kappa shape index (κ1) is 21.5. The van der Waals surface area contributed by atoms with E-state index in [1.54, 1.807) is 6.07 Å². The van der Waals surface area contributed by atoms with Crippen LogP contribution in [0.1, 0.15) is 30.0 Å². The van der Waals surface area contributed by atoms with Gasteiger partial charge < -0.3 is 19.6 Å². The lowest BCUT2D eigenvalue weighted by Gasteiger charge is -2.14. The molecule has 0 atom stereocenters. The second kappa shape index (κ2) is 8.96. The van der Waals surface area contributed by atoms with Crippen molar-refractivity contribution in [2.24, 2.45) is 0 Å². The molecule has 0 saturated heterocycles. The molecular weight excluding hydrogens is 466 g/mol. The summed E-state index contributed by atoms with van der Waals surface area (Å²) in [4.78, 5) is 17.8. The van der Waals surface area contributed by atoms with Crippen LogP contribution in [0.2, 0.25) is 10.0 Å². The number of ether oxygens (including phenoxy) is 1. The van der Waals surface area contributed by atoms with Crippen molar-refractivity contribution < 1.29 is 24.2 Å². The van der Waals surface area contributed by atoms with Crippen LogP contribution in [0.4, 0.5) is 0 Å². The highest BCUT2D eigenvalue weighted by molar-refractivity contribution is 9.10. The Balaban J connectivity index is 2.28. The fraction of sp³-hybridized carbons (Fsp3) is 0.294. The van der Waals surface area contributed by atoms with Gasteiger partial charge in [-0.1, -0.05) is 42.6 Å². The second-order valence-corrected chi connectivity index (χ2v) is 9.07. The van der Waals surface area contributed by atoms with Crippen molar-refractivity contribution in [3.05, 3.63) is 55.5 Å². The summed E-state index contributed by atoms with van der Waals surface area (Å²) in [6, 6.07) is 6.66. The Kier molecular flexibility index (Phi) is 7.43. The first-order valence-corrected chi connectivity index (χ1v) is 11.1. The SMILES string of the molecule is CCCc1cc(Cc2c(Cl)cc(OCP(=O)(O)O)cc2Cl)cc(Br)c1O. The lowest BCUT2D eigenvalue weighted by molar-refractivity contribution is 0.300. The van der Waals surface area contributed by atoms with Gasteiger partial charge in [0.05, 0.1) is 4.47 Å². The lowest BCUT2D eigenvalue weighted by Crippen LogP contribution is -2.00. The van der Waals surface area contributed by atoms with E-state index in [1.165, 1.54) is 12.1 Å². The van der Waals surface area contributed by atoms with Gasteiger partial charge in [0.2, 0.25) is 0 Å². The molecular formula is C17H18BrCl2O5P. The van der Waals surface area contributed by atoms with Crippen molar-refractivity contribution in [2.75, 3.05) is 6.35 Å². The van der Waals surface area contributed by atoms with Crippen LogP contribution >= 0.6 is 46.7 Å². The van der Waals surface area contributed by atoms with E-state index in [0.29, 0.717) is 26.5 Å². The molecule has 0 fully saturated rings. The number of hydrogen-bond acceptors (Lipinski definition) is 3. The Morgan fingerprint density at radius 1 is 1.15 bits per heavy atom. The minimum atomic E-state index is -4.29. The molecule has 2 aromatic rings. The van der Waals surface area contributed by atoms with E-state index in [4.69, 9.17) is 37.7 Å². The van der Waals surface area contributed by atoms with Gasteiger partial charge in [0.25, 0.3) is 0 Å². The molecule has 0 spiro atoms. The van der Waals surface area contributed by atoms with Gasteiger partial charge in [0.1, 0.15) is 11.5 Å². The molecule has 0 radical (unpaired) electrons. The van der Waals surface area contributed by atoms with Crippen LogP contribution in [0, 0.1) is 0 Å². The van der Waals surface area contributed by atoms with Crippen molar-refractivity contribution in [3.8, 4) is 11.5 Å². The number of rotatable bonds is 7. The van der Waals surface area contributed by atoms with E-state index in [2.05, 4.69) is 15.9 Å². The molecule has 0 heterocycles. The minimum absolute atomic E-state index is 0.186. The summed E-state index contributed by atoms with van der Waals surface area (Å²) in [7, 11) is -4.29. The highest BCUT2D eigenvalue weighted by Gasteiger charge is 2.16. The fourth-order valence-corrected chi connectivity index (χ4v) is 3.94. The van der Waals surface area contributed by atoms with Crippen LogP contribution in [-0.2, 0) is 17.4 Å². The topological polar surface area (TPSA) is 87.0 Å². The molecule has 26 heavy (non-hydrogen) atoms. The summed E-state index contributed by atoms with van der Waals surface area (Å²) in [6.07, 6.45) is 1.34. The number of benzene rings is 2.